The molecule has 0 saturated carbocycles. The number of benzene rings is 1. The van der Waals surface area contributed by atoms with Crippen molar-refractivity contribution in [2.75, 3.05) is 24.7 Å². The van der Waals surface area contributed by atoms with Gasteiger partial charge in [0.2, 0.25) is 0 Å². The minimum atomic E-state index is -3.11. The zero-order valence-corrected chi connectivity index (χ0v) is 15.1. The second kappa shape index (κ2) is 7.81. The molecule has 25 heavy (non-hydrogen) atoms. The molecule has 1 heterocycles. The molecule has 0 bridgehead atoms. The third-order valence-electron chi connectivity index (χ3n) is 4.10. The number of aryl methyl sites for hydroxylation is 1. The lowest BCUT2D eigenvalue weighted by molar-refractivity contribution is -0.385. The summed E-state index contributed by atoms with van der Waals surface area (Å²) in [5, 5.41) is 11.1. The van der Waals surface area contributed by atoms with Crippen LogP contribution in [0.3, 0.4) is 0 Å². The summed E-state index contributed by atoms with van der Waals surface area (Å²) in [6.45, 7) is 3.69. The average Bonchev–Trinajstić information content (AvgIpc) is 2.90. The van der Waals surface area contributed by atoms with Crippen molar-refractivity contribution in [2.45, 2.75) is 32.7 Å². The van der Waals surface area contributed by atoms with Gasteiger partial charge >= 0.3 is 5.69 Å². The first-order valence-electron chi connectivity index (χ1n) is 8.11. The molecule has 2 rings (SSSR count). The Bertz CT molecular complexity index is 762. The summed E-state index contributed by atoms with van der Waals surface area (Å²) >= 11 is 0. The molecule has 1 fully saturated rings. The number of nitro benzene ring substituents is 1. The van der Waals surface area contributed by atoms with E-state index in [2.05, 4.69) is 0 Å². The van der Waals surface area contributed by atoms with Crippen LogP contribution in [0.4, 0.5) is 5.69 Å². The Morgan fingerprint density at radius 2 is 2.16 bits per heavy atom. The SMILES string of the molecule is CCCN(C(=O)COc1ccc(C)cc1[N+](=O)[O-])[C@@H]1CCS(=O)(=O)C1. The van der Waals surface area contributed by atoms with Gasteiger partial charge in [-0.15, -0.1) is 0 Å². The maximum atomic E-state index is 12.5. The molecule has 1 saturated heterocycles. The lowest BCUT2D eigenvalue weighted by atomic mass is 10.2. The lowest BCUT2D eigenvalue weighted by Crippen LogP contribution is -2.44. The van der Waals surface area contributed by atoms with E-state index in [1.807, 2.05) is 6.92 Å². The van der Waals surface area contributed by atoms with E-state index in [-0.39, 0.29) is 41.5 Å². The number of hydrogen-bond donors (Lipinski definition) is 0. The smallest absolute Gasteiger partial charge is 0.311 e. The molecule has 0 aromatic heterocycles. The van der Waals surface area contributed by atoms with Crippen molar-refractivity contribution in [1.29, 1.82) is 0 Å². The van der Waals surface area contributed by atoms with Crippen molar-refractivity contribution < 1.29 is 22.9 Å². The Labute approximate surface area is 146 Å². The predicted molar refractivity (Wildman–Crippen MR) is 92.4 cm³/mol. The molecule has 0 radical (unpaired) electrons. The van der Waals surface area contributed by atoms with Crippen LogP contribution in [-0.4, -0.2) is 54.8 Å². The van der Waals surface area contributed by atoms with E-state index in [1.165, 1.54) is 17.0 Å². The summed E-state index contributed by atoms with van der Waals surface area (Å²) in [6.07, 6.45) is 1.10. The first kappa shape index (κ1) is 19.2. The Morgan fingerprint density at radius 1 is 1.44 bits per heavy atom. The molecule has 0 spiro atoms. The number of rotatable bonds is 7. The van der Waals surface area contributed by atoms with Crippen LogP contribution in [0.15, 0.2) is 18.2 Å². The zero-order valence-electron chi connectivity index (χ0n) is 14.3. The fraction of sp³-hybridized carbons (Fsp3) is 0.562. The highest BCUT2D eigenvalue weighted by molar-refractivity contribution is 7.91. The van der Waals surface area contributed by atoms with E-state index in [0.717, 1.165) is 0 Å². The largest absolute Gasteiger partial charge is 0.477 e. The van der Waals surface area contributed by atoms with Crippen LogP contribution in [-0.2, 0) is 14.6 Å². The van der Waals surface area contributed by atoms with Crippen LogP contribution in [0.1, 0.15) is 25.3 Å². The van der Waals surface area contributed by atoms with Gasteiger partial charge in [-0.2, -0.15) is 0 Å². The van der Waals surface area contributed by atoms with Gasteiger partial charge < -0.3 is 9.64 Å². The molecule has 1 amide bonds. The molecule has 0 unspecified atom stereocenters. The Kier molecular flexibility index (Phi) is 5.99. The van der Waals surface area contributed by atoms with Crippen LogP contribution in [0.2, 0.25) is 0 Å². The van der Waals surface area contributed by atoms with Gasteiger partial charge in [0, 0.05) is 18.7 Å². The summed E-state index contributed by atoms with van der Waals surface area (Å²) in [7, 11) is -3.11. The molecular formula is C16H22N2O6S. The van der Waals surface area contributed by atoms with Crippen molar-refractivity contribution in [2.24, 2.45) is 0 Å². The van der Waals surface area contributed by atoms with E-state index >= 15 is 0 Å². The molecule has 138 valence electrons. The van der Waals surface area contributed by atoms with Gasteiger partial charge in [-0.05, 0) is 31.4 Å². The Morgan fingerprint density at radius 3 is 2.72 bits per heavy atom. The van der Waals surface area contributed by atoms with Crippen LogP contribution >= 0.6 is 0 Å². The van der Waals surface area contributed by atoms with Crippen LogP contribution < -0.4 is 4.74 Å². The normalized spacial score (nSPS) is 18.7. The van der Waals surface area contributed by atoms with Gasteiger partial charge in [0.05, 0.1) is 16.4 Å². The minimum Gasteiger partial charge on any atom is -0.477 e. The molecule has 1 aromatic rings. The fourth-order valence-corrected chi connectivity index (χ4v) is 4.62. The van der Waals surface area contributed by atoms with Gasteiger partial charge in [0.25, 0.3) is 5.91 Å². The highest BCUT2D eigenvalue weighted by Gasteiger charge is 2.34. The highest BCUT2D eigenvalue weighted by Crippen LogP contribution is 2.28. The van der Waals surface area contributed by atoms with Crippen LogP contribution in [0.25, 0.3) is 0 Å². The standard InChI is InChI=1S/C16H22N2O6S/c1-3-7-17(13-6-8-25(22,23)11-13)16(19)10-24-15-5-4-12(2)9-14(15)18(20)21/h4-5,9,13H,3,6-8,10-11H2,1-2H3/t13-/m1/s1. The molecule has 8 nitrogen and oxygen atoms in total. The number of ether oxygens (including phenoxy) is 1. The van der Waals surface area contributed by atoms with Crippen LogP contribution in [0, 0.1) is 17.0 Å². The summed E-state index contributed by atoms with van der Waals surface area (Å²) in [5.41, 5.74) is 0.521. The molecule has 1 aliphatic rings. The first-order chi connectivity index (χ1) is 11.7. The molecule has 1 aromatic carbocycles. The monoisotopic (exact) mass is 370 g/mol. The summed E-state index contributed by atoms with van der Waals surface area (Å²) in [6, 6.07) is 4.16. The maximum absolute atomic E-state index is 12.5. The summed E-state index contributed by atoms with van der Waals surface area (Å²) in [4.78, 5) is 24.6. The van der Waals surface area contributed by atoms with E-state index in [0.29, 0.717) is 24.9 Å². The van der Waals surface area contributed by atoms with Crippen molar-refractivity contribution in [3.8, 4) is 5.75 Å². The molecule has 0 aliphatic carbocycles. The second-order valence-corrected chi connectivity index (χ2v) is 8.39. The predicted octanol–water partition coefficient (Wildman–Crippen LogP) is 1.71. The summed E-state index contributed by atoms with van der Waals surface area (Å²) < 4.78 is 28.7. The topological polar surface area (TPSA) is 107 Å². The molecule has 1 atom stereocenters. The van der Waals surface area contributed by atoms with E-state index in [4.69, 9.17) is 4.74 Å². The Balaban J connectivity index is 2.08. The highest BCUT2D eigenvalue weighted by atomic mass is 32.2. The van der Waals surface area contributed by atoms with Crippen molar-refractivity contribution >= 4 is 21.4 Å². The quantitative estimate of drug-likeness (QED) is 0.534. The molecule has 9 heteroatoms. The number of hydrogen-bond acceptors (Lipinski definition) is 6. The average molecular weight is 370 g/mol. The van der Waals surface area contributed by atoms with Gasteiger partial charge in [-0.1, -0.05) is 13.0 Å². The minimum absolute atomic E-state index is 0.0273. The van der Waals surface area contributed by atoms with Crippen molar-refractivity contribution in [3.63, 3.8) is 0 Å². The number of nitro groups is 1. The number of carbonyl (C=O) groups is 1. The third-order valence-corrected chi connectivity index (χ3v) is 5.85. The van der Waals surface area contributed by atoms with Crippen LogP contribution in [0.5, 0.6) is 5.75 Å². The fourth-order valence-electron chi connectivity index (χ4n) is 2.89. The van der Waals surface area contributed by atoms with E-state index in [1.54, 1.807) is 13.0 Å². The van der Waals surface area contributed by atoms with E-state index in [9.17, 15) is 23.3 Å². The van der Waals surface area contributed by atoms with Gasteiger partial charge in [-0.25, -0.2) is 8.42 Å². The van der Waals surface area contributed by atoms with Gasteiger partial charge in [0.1, 0.15) is 0 Å². The number of sulfone groups is 1. The second-order valence-electron chi connectivity index (χ2n) is 6.16. The lowest BCUT2D eigenvalue weighted by Gasteiger charge is -2.27. The van der Waals surface area contributed by atoms with Gasteiger partial charge in [0.15, 0.2) is 22.2 Å². The van der Waals surface area contributed by atoms with E-state index < -0.39 is 14.8 Å². The summed E-state index contributed by atoms with van der Waals surface area (Å²) in [5.74, 6) is -0.294. The number of amides is 1. The maximum Gasteiger partial charge on any atom is 0.311 e. The Hall–Kier alpha value is -2.16. The third kappa shape index (κ3) is 4.91. The molecule has 1 aliphatic heterocycles. The molecular weight excluding hydrogens is 348 g/mol. The van der Waals surface area contributed by atoms with Gasteiger partial charge in [-0.3, -0.25) is 14.9 Å². The number of nitrogens with zero attached hydrogens (tertiary/aromatic N) is 2. The van der Waals surface area contributed by atoms with Crippen molar-refractivity contribution in [1.82, 2.24) is 4.90 Å². The molecule has 0 N–H and O–H groups in total. The number of carbonyl (C=O) groups excluding carboxylic acids is 1. The first-order valence-corrected chi connectivity index (χ1v) is 9.93. The zero-order chi connectivity index (χ0) is 18.6. The van der Waals surface area contributed by atoms with Crippen molar-refractivity contribution in [3.05, 3.63) is 33.9 Å².